The Hall–Kier alpha value is -5.18. The van der Waals surface area contributed by atoms with Gasteiger partial charge in [-0.25, -0.2) is 14.0 Å². The van der Waals surface area contributed by atoms with Crippen molar-refractivity contribution in [2.45, 2.75) is 32.4 Å². The van der Waals surface area contributed by atoms with Crippen LogP contribution in [0.4, 0.5) is 10.1 Å². The third-order valence-corrected chi connectivity index (χ3v) is 7.84. The van der Waals surface area contributed by atoms with Gasteiger partial charge < -0.3 is 40.2 Å². The van der Waals surface area contributed by atoms with E-state index in [1.165, 1.54) is 31.5 Å². The SMILES string of the molecule is CCn1cc(C(=O)O)c(=O)c2cc(F)c(N3CCN(CC(=O)NCCC[C@@H](NC(=O)c4cccc(O)c4O)C(=O)OC)CC3)cc21. The molecule has 1 aliphatic heterocycles. The average Bonchev–Trinajstić information content (AvgIpc) is 3.03. The lowest BCUT2D eigenvalue weighted by atomic mass is 10.1. The molecule has 2 aromatic carbocycles. The zero-order valence-electron chi connectivity index (χ0n) is 25.4. The number of carbonyl (C=O) groups is 4. The number of methoxy groups -OCH3 is 1. The maximum atomic E-state index is 15.2. The number of benzene rings is 2. The summed E-state index contributed by atoms with van der Waals surface area (Å²) in [6.07, 6.45) is 1.72. The fraction of sp³-hybridized carbons (Fsp3) is 0.387. The largest absolute Gasteiger partial charge is 0.504 e. The van der Waals surface area contributed by atoms with E-state index in [0.717, 1.165) is 6.07 Å². The van der Waals surface area contributed by atoms with E-state index in [1.807, 2.05) is 9.80 Å². The smallest absolute Gasteiger partial charge is 0.341 e. The first kappa shape index (κ1) is 33.7. The third kappa shape index (κ3) is 7.54. The van der Waals surface area contributed by atoms with Gasteiger partial charge in [-0.15, -0.1) is 0 Å². The van der Waals surface area contributed by atoms with Crippen molar-refractivity contribution in [1.29, 1.82) is 0 Å². The van der Waals surface area contributed by atoms with Crippen LogP contribution in [0.1, 0.15) is 40.5 Å². The number of aromatic carboxylic acids is 1. The van der Waals surface area contributed by atoms with Crippen molar-refractivity contribution in [2.24, 2.45) is 0 Å². The summed E-state index contributed by atoms with van der Waals surface area (Å²) in [4.78, 5) is 65.2. The molecule has 0 unspecified atom stereocenters. The molecule has 2 amide bonds. The van der Waals surface area contributed by atoms with E-state index in [4.69, 9.17) is 4.74 Å². The Morgan fingerprint density at radius 3 is 2.43 bits per heavy atom. The van der Waals surface area contributed by atoms with Gasteiger partial charge in [0.05, 0.1) is 30.4 Å². The molecule has 0 radical (unpaired) electrons. The summed E-state index contributed by atoms with van der Waals surface area (Å²) >= 11 is 0. The summed E-state index contributed by atoms with van der Waals surface area (Å²) in [5.41, 5.74) is -0.654. The summed E-state index contributed by atoms with van der Waals surface area (Å²) in [5, 5.41) is 34.2. The van der Waals surface area contributed by atoms with Crippen LogP contribution in [0.2, 0.25) is 0 Å². The molecule has 246 valence electrons. The summed E-state index contributed by atoms with van der Waals surface area (Å²) in [6.45, 7) is 4.22. The first-order valence-electron chi connectivity index (χ1n) is 14.7. The molecule has 5 N–H and O–H groups in total. The van der Waals surface area contributed by atoms with Gasteiger partial charge in [-0.05, 0) is 44.0 Å². The van der Waals surface area contributed by atoms with E-state index < -0.39 is 52.2 Å². The molecule has 0 bridgehead atoms. The molecule has 0 spiro atoms. The number of phenols is 2. The van der Waals surface area contributed by atoms with Crippen molar-refractivity contribution in [3.63, 3.8) is 0 Å². The third-order valence-electron chi connectivity index (χ3n) is 7.84. The monoisotopic (exact) mass is 641 g/mol. The highest BCUT2D eigenvalue weighted by Gasteiger charge is 2.25. The number of nitrogens with zero attached hydrogens (tertiary/aromatic N) is 3. The number of hydrogen-bond donors (Lipinski definition) is 5. The Kier molecular flexibility index (Phi) is 10.8. The second kappa shape index (κ2) is 14.7. The number of aromatic hydroxyl groups is 2. The second-order valence-electron chi connectivity index (χ2n) is 10.8. The summed E-state index contributed by atoms with van der Waals surface area (Å²) in [6, 6.07) is 5.47. The van der Waals surface area contributed by atoms with Gasteiger partial charge in [0.1, 0.15) is 17.4 Å². The maximum absolute atomic E-state index is 15.2. The number of carboxylic acid groups (broad SMARTS) is 1. The quantitative estimate of drug-likeness (QED) is 0.109. The van der Waals surface area contributed by atoms with Crippen molar-refractivity contribution in [2.75, 3.05) is 51.3 Å². The Morgan fingerprint density at radius 2 is 1.78 bits per heavy atom. The topological polar surface area (TPSA) is 191 Å². The summed E-state index contributed by atoms with van der Waals surface area (Å²) in [7, 11) is 1.17. The lowest BCUT2D eigenvalue weighted by Crippen LogP contribution is -2.50. The van der Waals surface area contributed by atoms with Gasteiger partial charge in [-0.3, -0.25) is 19.3 Å². The van der Waals surface area contributed by atoms with Crippen LogP contribution >= 0.6 is 0 Å². The highest BCUT2D eigenvalue weighted by Crippen LogP contribution is 2.28. The Balaban J connectivity index is 1.28. The van der Waals surface area contributed by atoms with Crippen LogP contribution in [0.15, 0.2) is 41.3 Å². The minimum atomic E-state index is -1.37. The molecule has 1 aromatic heterocycles. The van der Waals surface area contributed by atoms with Crippen molar-refractivity contribution < 1.29 is 43.6 Å². The van der Waals surface area contributed by atoms with E-state index in [1.54, 1.807) is 17.6 Å². The number of hydrogen-bond acceptors (Lipinski definition) is 10. The number of para-hydroxylation sites is 1. The Morgan fingerprint density at radius 1 is 1.07 bits per heavy atom. The number of pyridine rings is 1. The number of carbonyl (C=O) groups excluding carboxylic acids is 3. The zero-order valence-corrected chi connectivity index (χ0v) is 25.4. The molecule has 14 nitrogen and oxygen atoms in total. The molecule has 0 aliphatic carbocycles. The molecule has 15 heteroatoms. The van der Waals surface area contributed by atoms with Gasteiger partial charge in [0.25, 0.3) is 5.91 Å². The standard InChI is InChI=1S/C31H36FN5O9/c1-3-36-16-20(30(43)44)27(40)19-14-21(32)24(15-23(19)36)37-12-10-35(11-13-37)17-26(39)33-9-5-7-22(31(45)46-2)34-29(42)18-6-4-8-25(38)28(18)41/h4,6,8,14-16,22,38,41H,3,5,7,9-13,17H2,1-2H3,(H,33,39)(H,34,42)(H,43,44)/t22-/m1/s1. The molecule has 1 fully saturated rings. The number of aryl methyl sites for hydroxylation is 1. The molecule has 4 rings (SSSR count). The molecule has 46 heavy (non-hydrogen) atoms. The fourth-order valence-electron chi connectivity index (χ4n) is 5.34. The predicted molar refractivity (Wildman–Crippen MR) is 165 cm³/mol. The number of aromatic nitrogens is 1. The zero-order chi connectivity index (χ0) is 33.5. The number of halogens is 1. The highest BCUT2D eigenvalue weighted by atomic mass is 19.1. The van der Waals surface area contributed by atoms with Gasteiger partial charge >= 0.3 is 11.9 Å². The van der Waals surface area contributed by atoms with Crippen LogP contribution < -0.4 is 21.0 Å². The molecule has 3 aromatic rings. The van der Waals surface area contributed by atoms with Crippen LogP contribution in [-0.2, 0) is 20.9 Å². The number of esters is 1. The lowest BCUT2D eigenvalue weighted by Gasteiger charge is -2.36. The molecular formula is C31H36FN5O9. The van der Waals surface area contributed by atoms with Gasteiger partial charge in [-0.2, -0.15) is 0 Å². The summed E-state index contributed by atoms with van der Waals surface area (Å²) < 4.78 is 21.5. The lowest BCUT2D eigenvalue weighted by molar-refractivity contribution is -0.143. The van der Waals surface area contributed by atoms with Gasteiger partial charge in [0.2, 0.25) is 11.3 Å². The highest BCUT2D eigenvalue weighted by molar-refractivity contribution is 5.99. The number of phenolic OH excluding ortho intramolecular Hbond substituents is 2. The predicted octanol–water partition coefficient (Wildman–Crippen LogP) is 1.26. The summed E-state index contributed by atoms with van der Waals surface area (Å²) in [5.74, 6) is -4.84. The number of ether oxygens (including phenoxy) is 1. The van der Waals surface area contributed by atoms with Crippen molar-refractivity contribution in [1.82, 2.24) is 20.1 Å². The van der Waals surface area contributed by atoms with Gasteiger partial charge in [-0.1, -0.05) is 6.07 Å². The molecular weight excluding hydrogens is 605 g/mol. The minimum Gasteiger partial charge on any atom is -0.504 e. The van der Waals surface area contributed by atoms with Crippen LogP contribution in [0.5, 0.6) is 11.5 Å². The molecule has 0 saturated carbocycles. The molecule has 1 atom stereocenters. The second-order valence-corrected chi connectivity index (χ2v) is 10.8. The van der Waals surface area contributed by atoms with E-state index in [2.05, 4.69) is 10.6 Å². The van der Waals surface area contributed by atoms with Crippen LogP contribution in [0.25, 0.3) is 10.9 Å². The number of rotatable bonds is 12. The maximum Gasteiger partial charge on any atom is 0.341 e. The van der Waals surface area contributed by atoms with Gasteiger partial charge in [0.15, 0.2) is 11.5 Å². The number of fused-ring (bicyclic) bond motifs is 1. The van der Waals surface area contributed by atoms with E-state index >= 15 is 4.39 Å². The number of amides is 2. The average molecular weight is 642 g/mol. The molecule has 2 heterocycles. The molecule has 1 aliphatic rings. The van der Waals surface area contributed by atoms with Crippen molar-refractivity contribution in [3.05, 3.63) is 63.7 Å². The first-order chi connectivity index (χ1) is 21.9. The molecule has 1 saturated heterocycles. The first-order valence-corrected chi connectivity index (χ1v) is 14.7. The Bertz CT molecular complexity index is 1700. The van der Waals surface area contributed by atoms with Gasteiger partial charge in [0, 0.05) is 50.9 Å². The van der Waals surface area contributed by atoms with E-state index in [9.17, 15) is 39.3 Å². The Labute approximate surface area is 263 Å². The number of carboxylic acids is 1. The van der Waals surface area contributed by atoms with E-state index in [0.29, 0.717) is 44.7 Å². The number of nitrogens with one attached hydrogen (secondary N) is 2. The minimum absolute atomic E-state index is 0.00521. The number of piperazine rings is 1. The number of anilines is 1. The van der Waals surface area contributed by atoms with Crippen LogP contribution in [0.3, 0.4) is 0 Å². The van der Waals surface area contributed by atoms with E-state index in [-0.39, 0.29) is 42.1 Å². The fourth-order valence-corrected chi connectivity index (χ4v) is 5.34. The van der Waals surface area contributed by atoms with Crippen LogP contribution in [-0.4, -0.2) is 101 Å². The van der Waals surface area contributed by atoms with Crippen molar-refractivity contribution >= 4 is 40.3 Å². The van der Waals surface area contributed by atoms with Crippen molar-refractivity contribution in [3.8, 4) is 11.5 Å². The van der Waals surface area contributed by atoms with Crippen LogP contribution in [0, 0.1) is 5.82 Å². The normalized spacial score (nSPS) is 14.1.